The van der Waals surface area contributed by atoms with Crippen molar-refractivity contribution in [3.8, 4) is 5.75 Å². The summed E-state index contributed by atoms with van der Waals surface area (Å²) in [6.07, 6.45) is 1.01. The van der Waals surface area contributed by atoms with Gasteiger partial charge in [0, 0.05) is 4.47 Å². The van der Waals surface area contributed by atoms with Crippen molar-refractivity contribution in [2.24, 2.45) is 0 Å². The van der Waals surface area contributed by atoms with Gasteiger partial charge in [0.05, 0.1) is 13.2 Å². The van der Waals surface area contributed by atoms with E-state index in [0.717, 1.165) is 28.6 Å². The molecule has 2 nitrogen and oxygen atoms in total. The molecule has 112 valence electrons. The molecule has 0 aliphatic carbocycles. The van der Waals surface area contributed by atoms with Crippen molar-refractivity contribution in [3.63, 3.8) is 0 Å². The van der Waals surface area contributed by atoms with Crippen LogP contribution in [0.5, 0.6) is 5.75 Å². The molecule has 2 aromatic rings. The number of ether oxygens (including phenoxy) is 1. The van der Waals surface area contributed by atoms with E-state index >= 15 is 0 Å². The summed E-state index contributed by atoms with van der Waals surface area (Å²) >= 11 is 3.57. The van der Waals surface area contributed by atoms with Crippen LogP contribution in [0, 0.1) is 5.82 Å². The van der Waals surface area contributed by atoms with E-state index in [-0.39, 0.29) is 17.6 Å². The molecule has 2 rings (SSSR count). The van der Waals surface area contributed by atoms with Crippen LogP contribution in [0.1, 0.15) is 30.5 Å². The second kappa shape index (κ2) is 7.57. The summed E-state index contributed by atoms with van der Waals surface area (Å²) in [5.41, 5.74) is 1.98. The van der Waals surface area contributed by atoms with Gasteiger partial charge < -0.3 is 10.1 Å². The maximum Gasteiger partial charge on any atom is 0.165 e. The lowest BCUT2D eigenvalue weighted by Gasteiger charge is -2.21. The van der Waals surface area contributed by atoms with E-state index in [1.54, 1.807) is 6.07 Å². The number of halogens is 2. The van der Waals surface area contributed by atoms with Crippen LogP contribution in [0.15, 0.2) is 46.9 Å². The van der Waals surface area contributed by atoms with Gasteiger partial charge in [-0.3, -0.25) is 0 Å². The van der Waals surface area contributed by atoms with Crippen molar-refractivity contribution in [1.29, 1.82) is 0 Å². The fourth-order valence-electron chi connectivity index (χ4n) is 2.27. The molecule has 2 aromatic carbocycles. The van der Waals surface area contributed by atoms with E-state index in [0.29, 0.717) is 0 Å². The lowest BCUT2D eigenvalue weighted by atomic mass is 9.98. The summed E-state index contributed by atoms with van der Waals surface area (Å²) < 4.78 is 20.0. The first-order valence-electron chi connectivity index (χ1n) is 6.98. The quantitative estimate of drug-likeness (QED) is 0.815. The fraction of sp³-hybridized carbons (Fsp3) is 0.294. The van der Waals surface area contributed by atoms with Crippen LogP contribution >= 0.6 is 15.9 Å². The zero-order valence-electron chi connectivity index (χ0n) is 12.2. The molecule has 0 saturated heterocycles. The number of benzene rings is 2. The van der Waals surface area contributed by atoms with Crippen LogP contribution in [-0.4, -0.2) is 13.7 Å². The molecule has 0 heterocycles. The topological polar surface area (TPSA) is 21.3 Å². The predicted molar refractivity (Wildman–Crippen MR) is 87.2 cm³/mol. The monoisotopic (exact) mass is 351 g/mol. The van der Waals surface area contributed by atoms with Crippen LogP contribution in [-0.2, 0) is 0 Å². The highest BCUT2D eigenvalue weighted by Crippen LogP contribution is 2.30. The highest BCUT2D eigenvalue weighted by molar-refractivity contribution is 9.10. The molecule has 0 fully saturated rings. The van der Waals surface area contributed by atoms with E-state index in [4.69, 9.17) is 4.74 Å². The Morgan fingerprint density at radius 1 is 1.24 bits per heavy atom. The first kappa shape index (κ1) is 16.0. The van der Waals surface area contributed by atoms with Crippen molar-refractivity contribution in [2.45, 2.75) is 19.4 Å². The third-order valence-electron chi connectivity index (χ3n) is 3.32. The van der Waals surface area contributed by atoms with E-state index < -0.39 is 0 Å². The van der Waals surface area contributed by atoms with Gasteiger partial charge in [0.25, 0.3) is 0 Å². The molecule has 1 unspecified atom stereocenters. The van der Waals surface area contributed by atoms with Crippen LogP contribution in [0.25, 0.3) is 0 Å². The van der Waals surface area contributed by atoms with Gasteiger partial charge in [-0.1, -0.05) is 47.1 Å². The molecule has 0 amide bonds. The summed E-state index contributed by atoms with van der Waals surface area (Å²) in [4.78, 5) is 0. The third-order valence-corrected chi connectivity index (χ3v) is 4.05. The average Bonchev–Trinajstić information content (AvgIpc) is 2.49. The summed E-state index contributed by atoms with van der Waals surface area (Å²) in [5, 5.41) is 3.47. The molecule has 0 saturated carbocycles. The maximum atomic E-state index is 14.0. The Kier molecular flexibility index (Phi) is 5.76. The van der Waals surface area contributed by atoms with E-state index in [1.807, 2.05) is 30.3 Å². The molecule has 0 aliphatic rings. The van der Waals surface area contributed by atoms with Crippen LogP contribution < -0.4 is 10.1 Å². The molecule has 1 atom stereocenters. The molecule has 0 aromatic heterocycles. The van der Waals surface area contributed by atoms with Gasteiger partial charge in [-0.05, 0) is 42.3 Å². The third kappa shape index (κ3) is 3.83. The summed E-state index contributed by atoms with van der Waals surface area (Å²) in [6, 6.07) is 13.0. The van der Waals surface area contributed by atoms with E-state index in [2.05, 4.69) is 28.2 Å². The van der Waals surface area contributed by atoms with Crippen LogP contribution in [0.2, 0.25) is 0 Å². The van der Waals surface area contributed by atoms with Gasteiger partial charge in [-0.25, -0.2) is 4.39 Å². The molecule has 0 bridgehead atoms. The molecule has 0 radical (unpaired) electrons. The number of nitrogens with one attached hydrogen (secondary N) is 1. The van der Waals surface area contributed by atoms with Gasteiger partial charge in [0.1, 0.15) is 0 Å². The molecule has 0 spiro atoms. The largest absolute Gasteiger partial charge is 0.494 e. The summed E-state index contributed by atoms with van der Waals surface area (Å²) in [6.45, 7) is 2.97. The summed E-state index contributed by atoms with van der Waals surface area (Å²) in [5.74, 6) is -0.0783. The van der Waals surface area contributed by atoms with Gasteiger partial charge >= 0.3 is 0 Å². The number of hydrogen-bond donors (Lipinski definition) is 1. The number of hydrogen-bond acceptors (Lipinski definition) is 2. The van der Waals surface area contributed by atoms with E-state index in [9.17, 15) is 4.39 Å². The Morgan fingerprint density at radius 3 is 2.62 bits per heavy atom. The molecule has 4 heteroatoms. The van der Waals surface area contributed by atoms with Gasteiger partial charge in [-0.2, -0.15) is 0 Å². The zero-order chi connectivity index (χ0) is 15.2. The zero-order valence-corrected chi connectivity index (χ0v) is 13.8. The Hall–Kier alpha value is -1.39. The normalized spacial score (nSPS) is 12.2. The second-order valence-electron chi connectivity index (χ2n) is 4.80. The smallest absolute Gasteiger partial charge is 0.165 e. The lowest BCUT2D eigenvalue weighted by Crippen LogP contribution is -2.23. The maximum absolute atomic E-state index is 14.0. The summed E-state index contributed by atoms with van der Waals surface area (Å²) in [7, 11) is 1.47. The Labute approximate surface area is 133 Å². The Morgan fingerprint density at radius 2 is 2.00 bits per heavy atom. The number of methoxy groups -OCH3 is 1. The first-order chi connectivity index (χ1) is 10.2. The predicted octanol–water partition coefficient (Wildman–Crippen LogP) is 4.69. The average molecular weight is 352 g/mol. The highest BCUT2D eigenvalue weighted by atomic mass is 79.9. The first-order valence-corrected chi connectivity index (χ1v) is 7.78. The second-order valence-corrected chi connectivity index (χ2v) is 5.66. The van der Waals surface area contributed by atoms with Gasteiger partial charge in [0.2, 0.25) is 0 Å². The van der Waals surface area contributed by atoms with Crippen molar-refractivity contribution < 1.29 is 9.13 Å². The molecule has 21 heavy (non-hydrogen) atoms. The van der Waals surface area contributed by atoms with Crippen LogP contribution in [0.3, 0.4) is 0 Å². The minimum atomic E-state index is -0.342. The highest BCUT2D eigenvalue weighted by Gasteiger charge is 2.17. The SMILES string of the molecule is CCCNC(c1ccc(OC)c(F)c1)c1ccccc1Br. The fourth-order valence-corrected chi connectivity index (χ4v) is 2.78. The van der Waals surface area contributed by atoms with Crippen LogP contribution in [0.4, 0.5) is 4.39 Å². The number of rotatable bonds is 6. The van der Waals surface area contributed by atoms with Gasteiger partial charge in [-0.15, -0.1) is 0 Å². The molecule has 0 aliphatic heterocycles. The minimum Gasteiger partial charge on any atom is -0.494 e. The van der Waals surface area contributed by atoms with Gasteiger partial charge in [0.15, 0.2) is 11.6 Å². The molecule has 1 N–H and O–H groups in total. The van der Waals surface area contributed by atoms with E-state index in [1.165, 1.54) is 13.2 Å². The Bertz CT molecular complexity index is 603. The van der Waals surface area contributed by atoms with Crippen molar-refractivity contribution in [1.82, 2.24) is 5.32 Å². The minimum absolute atomic E-state index is 0.0547. The van der Waals surface area contributed by atoms with Crippen molar-refractivity contribution in [3.05, 3.63) is 63.9 Å². The van der Waals surface area contributed by atoms with Crippen molar-refractivity contribution in [2.75, 3.05) is 13.7 Å². The standard InChI is InChI=1S/C17H19BrFNO/c1-3-10-20-17(13-6-4-5-7-14(13)18)12-8-9-16(21-2)15(19)11-12/h4-9,11,17,20H,3,10H2,1-2H3. The Balaban J connectivity index is 2.40. The molecular formula is C17H19BrFNO. The molecular weight excluding hydrogens is 333 g/mol. The van der Waals surface area contributed by atoms with Crippen molar-refractivity contribution >= 4 is 15.9 Å². The lowest BCUT2D eigenvalue weighted by molar-refractivity contribution is 0.385.